The second-order valence-electron chi connectivity index (χ2n) is 6.06. The van der Waals surface area contributed by atoms with Crippen LogP contribution in [0.1, 0.15) is 17.5 Å². The second-order valence-corrected chi connectivity index (χ2v) is 7.41. The van der Waals surface area contributed by atoms with E-state index in [0.29, 0.717) is 23.0 Å². The standard InChI is InChI=1S/C20H21BrClN3O3/c1-13-9-16(21)5-8-18(13)28-12-20(27)25-24-14(2)10-19(26)23-11-15-3-6-17(22)7-4-15/h3-9,24H,2,10-12H2,1H3,(H,23,26)(H,25,27). The number of hydrogen-bond acceptors (Lipinski definition) is 4. The normalized spacial score (nSPS) is 10.1. The van der Waals surface area contributed by atoms with E-state index in [0.717, 1.165) is 15.6 Å². The van der Waals surface area contributed by atoms with Gasteiger partial charge in [-0.15, -0.1) is 0 Å². The summed E-state index contributed by atoms with van der Waals surface area (Å²) in [5, 5.41) is 3.41. The molecule has 28 heavy (non-hydrogen) atoms. The second kappa shape index (κ2) is 10.7. The third-order valence-electron chi connectivity index (χ3n) is 3.65. The summed E-state index contributed by atoms with van der Waals surface area (Å²) in [6, 6.07) is 12.7. The van der Waals surface area contributed by atoms with E-state index in [2.05, 4.69) is 38.7 Å². The van der Waals surface area contributed by atoms with Crippen molar-refractivity contribution in [2.45, 2.75) is 19.9 Å². The molecule has 0 unspecified atom stereocenters. The first-order valence-electron chi connectivity index (χ1n) is 8.46. The average molecular weight is 467 g/mol. The Bertz CT molecular complexity index is 856. The van der Waals surface area contributed by atoms with Crippen LogP contribution in [0.3, 0.4) is 0 Å². The van der Waals surface area contributed by atoms with Gasteiger partial charge in [0.1, 0.15) is 5.75 Å². The van der Waals surface area contributed by atoms with Crippen molar-refractivity contribution < 1.29 is 14.3 Å². The Morgan fingerprint density at radius 1 is 1.11 bits per heavy atom. The Balaban J connectivity index is 1.66. The molecule has 2 aromatic carbocycles. The molecule has 0 atom stereocenters. The Labute approximate surface area is 177 Å². The number of rotatable bonds is 9. The molecule has 0 aliphatic carbocycles. The van der Waals surface area contributed by atoms with Gasteiger partial charge in [0, 0.05) is 21.7 Å². The molecule has 2 rings (SSSR count). The van der Waals surface area contributed by atoms with Crippen molar-refractivity contribution in [1.82, 2.24) is 16.2 Å². The summed E-state index contributed by atoms with van der Waals surface area (Å²) in [4.78, 5) is 23.8. The van der Waals surface area contributed by atoms with Crippen molar-refractivity contribution in [3.05, 3.63) is 75.4 Å². The highest BCUT2D eigenvalue weighted by atomic mass is 79.9. The van der Waals surface area contributed by atoms with E-state index in [4.69, 9.17) is 16.3 Å². The molecule has 0 radical (unpaired) electrons. The molecule has 3 N–H and O–H groups in total. The molecule has 6 nitrogen and oxygen atoms in total. The van der Waals surface area contributed by atoms with Crippen LogP contribution in [0.5, 0.6) is 5.75 Å². The third-order valence-corrected chi connectivity index (χ3v) is 4.40. The smallest absolute Gasteiger partial charge is 0.276 e. The Hall–Kier alpha value is -2.51. The third kappa shape index (κ3) is 7.62. The molecule has 0 spiro atoms. The van der Waals surface area contributed by atoms with Crippen LogP contribution >= 0.6 is 27.5 Å². The highest BCUT2D eigenvalue weighted by molar-refractivity contribution is 9.10. The van der Waals surface area contributed by atoms with Gasteiger partial charge in [0.25, 0.3) is 5.91 Å². The van der Waals surface area contributed by atoms with Crippen molar-refractivity contribution >= 4 is 39.3 Å². The summed E-state index contributed by atoms with van der Waals surface area (Å²) in [6.45, 7) is 5.84. The molecular formula is C20H21BrClN3O3. The fourth-order valence-corrected chi connectivity index (χ4v) is 2.82. The predicted molar refractivity (Wildman–Crippen MR) is 113 cm³/mol. The number of ether oxygens (including phenoxy) is 1. The van der Waals surface area contributed by atoms with E-state index < -0.39 is 0 Å². The van der Waals surface area contributed by atoms with Gasteiger partial charge in [0.2, 0.25) is 5.91 Å². The van der Waals surface area contributed by atoms with Crippen LogP contribution in [0.25, 0.3) is 0 Å². The lowest BCUT2D eigenvalue weighted by atomic mass is 10.2. The number of nitrogens with one attached hydrogen (secondary N) is 3. The van der Waals surface area contributed by atoms with Crippen LogP contribution in [-0.2, 0) is 16.1 Å². The molecule has 0 bridgehead atoms. The first-order chi connectivity index (χ1) is 13.3. The average Bonchev–Trinajstić information content (AvgIpc) is 2.65. The van der Waals surface area contributed by atoms with Crippen LogP contribution in [-0.4, -0.2) is 18.4 Å². The van der Waals surface area contributed by atoms with Gasteiger partial charge in [0.15, 0.2) is 6.61 Å². The maximum atomic E-state index is 11.9. The van der Waals surface area contributed by atoms with Gasteiger partial charge in [-0.2, -0.15) is 0 Å². The highest BCUT2D eigenvalue weighted by Crippen LogP contribution is 2.21. The molecule has 0 heterocycles. The number of aryl methyl sites for hydroxylation is 1. The zero-order chi connectivity index (χ0) is 20.5. The summed E-state index contributed by atoms with van der Waals surface area (Å²) < 4.78 is 6.41. The number of hydrogen-bond donors (Lipinski definition) is 3. The van der Waals surface area contributed by atoms with Gasteiger partial charge >= 0.3 is 0 Å². The van der Waals surface area contributed by atoms with E-state index in [-0.39, 0.29) is 24.8 Å². The van der Waals surface area contributed by atoms with Crippen molar-refractivity contribution in [2.75, 3.05) is 6.61 Å². The highest BCUT2D eigenvalue weighted by Gasteiger charge is 2.08. The number of carbonyl (C=O) groups is 2. The molecular weight excluding hydrogens is 446 g/mol. The molecule has 0 saturated heterocycles. The van der Waals surface area contributed by atoms with Crippen molar-refractivity contribution in [3.63, 3.8) is 0 Å². The van der Waals surface area contributed by atoms with Gasteiger partial charge in [-0.3, -0.25) is 15.0 Å². The van der Waals surface area contributed by atoms with E-state index in [1.165, 1.54) is 0 Å². The zero-order valence-electron chi connectivity index (χ0n) is 15.4. The summed E-state index contributed by atoms with van der Waals surface area (Å²) >= 11 is 9.19. The molecule has 148 valence electrons. The fourth-order valence-electron chi connectivity index (χ4n) is 2.22. The summed E-state index contributed by atoms with van der Waals surface area (Å²) in [5.41, 5.74) is 7.28. The molecule has 2 amide bonds. The number of benzene rings is 2. The van der Waals surface area contributed by atoms with Crippen molar-refractivity contribution in [1.29, 1.82) is 0 Å². The topological polar surface area (TPSA) is 79.5 Å². The molecule has 0 aliphatic rings. The quantitative estimate of drug-likeness (QED) is 0.493. The van der Waals surface area contributed by atoms with Gasteiger partial charge in [-0.25, -0.2) is 0 Å². The lowest BCUT2D eigenvalue weighted by Gasteiger charge is -2.13. The maximum Gasteiger partial charge on any atom is 0.276 e. The van der Waals surface area contributed by atoms with Crippen LogP contribution in [0, 0.1) is 6.92 Å². The van der Waals surface area contributed by atoms with E-state index >= 15 is 0 Å². The minimum Gasteiger partial charge on any atom is -0.483 e. The summed E-state index contributed by atoms with van der Waals surface area (Å²) in [6.07, 6.45) is 0.0283. The monoisotopic (exact) mass is 465 g/mol. The Kier molecular flexibility index (Phi) is 8.35. The molecule has 0 aromatic heterocycles. The maximum absolute atomic E-state index is 11.9. The Morgan fingerprint density at radius 3 is 2.50 bits per heavy atom. The van der Waals surface area contributed by atoms with Gasteiger partial charge in [-0.1, -0.05) is 46.2 Å². The van der Waals surface area contributed by atoms with Gasteiger partial charge < -0.3 is 15.5 Å². The van der Waals surface area contributed by atoms with Crippen molar-refractivity contribution in [2.24, 2.45) is 0 Å². The molecule has 8 heteroatoms. The van der Waals surface area contributed by atoms with Crippen LogP contribution in [0.15, 0.2) is 59.2 Å². The molecule has 0 saturated carbocycles. The van der Waals surface area contributed by atoms with Gasteiger partial charge in [0.05, 0.1) is 6.42 Å². The van der Waals surface area contributed by atoms with Crippen LogP contribution < -0.4 is 20.9 Å². The minimum atomic E-state index is -0.384. The molecule has 0 fully saturated rings. The van der Waals surface area contributed by atoms with E-state index in [1.54, 1.807) is 18.2 Å². The zero-order valence-corrected chi connectivity index (χ0v) is 17.7. The lowest BCUT2D eigenvalue weighted by Crippen LogP contribution is -2.40. The molecule has 2 aromatic rings. The summed E-state index contributed by atoms with van der Waals surface area (Å²) in [7, 11) is 0. The number of carbonyl (C=O) groups excluding carboxylic acids is 2. The SMILES string of the molecule is C=C(CC(=O)NCc1ccc(Cl)cc1)NNC(=O)COc1ccc(Br)cc1C. The number of hydrazine groups is 1. The van der Waals surface area contributed by atoms with E-state index in [9.17, 15) is 9.59 Å². The van der Waals surface area contributed by atoms with Crippen molar-refractivity contribution in [3.8, 4) is 5.75 Å². The number of halogens is 2. The number of amides is 2. The lowest BCUT2D eigenvalue weighted by molar-refractivity contribution is -0.124. The largest absolute Gasteiger partial charge is 0.483 e. The van der Waals surface area contributed by atoms with Crippen LogP contribution in [0.2, 0.25) is 5.02 Å². The minimum absolute atomic E-state index is 0.0283. The first-order valence-corrected chi connectivity index (χ1v) is 9.63. The molecule has 0 aliphatic heterocycles. The van der Waals surface area contributed by atoms with Gasteiger partial charge in [-0.05, 0) is 48.4 Å². The first kappa shape index (κ1) is 21.8. The van der Waals surface area contributed by atoms with Crippen LogP contribution in [0.4, 0.5) is 0 Å². The van der Waals surface area contributed by atoms with E-state index in [1.807, 2.05) is 31.2 Å². The Morgan fingerprint density at radius 2 is 1.82 bits per heavy atom. The summed E-state index contributed by atoms with van der Waals surface area (Å²) in [5.74, 6) is 0.0206. The fraction of sp³-hybridized carbons (Fsp3) is 0.200. The predicted octanol–water partition coefficient (Wildman–Crippen LogP) is 3.63.